The van der Waals surface area contributed by atoms with Crippen LogP contribution in [-0.4, -0.2) is 25.4 Å². The molecule has 0 radical (unpaired) electrons. The molecule has 6 nitrogen and oxygen atoms in total. The third-order valence-electron chi connectivity index (χ3n) is 3.87. The highest BCUT2D eigenvalue weighted by Crippen LogP contribution is 2.21. The number of benzene rings is 1. The van der Waals surface area contributed by atoms with Crippen molar-refractivity contribution in [2.45, 2.75) is 38.8 Å². The number of carbonyl (C=O) groups is 1. The van der Waals surface area contributed by atoms with Crippen molar-refractivity contribution in [3.8, 4) is 0 Å². The van der Waals surface area contributed by atoms with Crippen molar-refractivity contribution in [3.63, 3.8) is 0 Å². The molecule has 0 bridgehead atoms. The zero-order valence-corrected chi connectivity index (χ0v) is 11.8. The van der Waals surface area contributed by atoms with Crippen LogP contribution in [0.15, 0.2) is 29.1 Å². The first-order chi connectivity index (χ1) is 10.1. The van der Waals surface area contributed by atoms with E-state index in [0.29, 0.717) is 25.2 Å². The van der Waals surface area contributed by atoms with Gasteiger partial charge in [-0.05, 0) is 25.3 Å². The molecule has 1 atom stereocenters. The Kier molecular flexibility index (Phi) is 3.37. The second-order valence-corrected chi connectivity index (χ2v) is 5.46. The van der Waals surface area contributed by atoms with Gasteiger partial charge in [0, 0.05) is 6.42 Å². The van der Waals surface area contributed by atoms with Crippen molar-refractivity contribution >= 4 is 5.97 Å². The minimum Gasteiger partial charge on any atom is -0.480 e. The zero-order valence-electron chi connectivity index (χ0n) is 11.8. The quantitative estimate of drug-likeness (QED) is 0.924. The lowest BCUT2D eigenvalue weighted by Gasteiger charge is -2.19. The van der Waals surface area contributed by atoms with Gasteiger partial charge < -0.3 is 5.11 Å². The average molecular weight is 287 g/mol. The molecule has 21 heavy (non-hydrogen) atoms. The van der Waals surface area contributed by atoms with Crippen molar-refractivity contribution in [3.05, 3.63) is 51.7 Å². The van der Waals surface area contributed by atoms with Gasteiger partial charge in [-0.25, -0.2) is 14.3 Å². The van der Waals surface area contributed by atoms with Crippen LogP contribution in [0.2, 0.25) is 0 Å². The Morgan fingerprint density at radius 1 is 1.38 bits per heavy atom. The van der Waals surface area contributed by atoms with Crippen LogP contribution in [-0.2, 0) is 17.8 Å². The van der Waals surface area contributed by atoms with Crippen LogP contribution in [0.1, 0.15) is 35.8 Å². The van der Waals surface area contributed by atoms with Gasteiger partial charge in [-0.1, -0.05) is 29.8 Å². The fourth-order valence-corrected chi connectivity index (χ4v) is 2.73. The molecule has 1 aromatic heterocycles. The molecule has 0 amide bonds. The van der Waals surface area contributed by atoms with Crippen molar-refractivity contribution in [2.24, 2.45) is 0 Å². The monoisotopic (exact) mass is 287 g/mol. The van der Waals surface area contributed by atoms with Gasteiger partial charge in [0.1, 0.15) is 11.9 Å². The number of aliphatic carboxylic acids is 1. The highest BCUT2D eigenvalue weighted by Gasteiger charge is 2.30. The largest absolute Gasteiger partial charge is 0.480 e. The lowest BCUT2D eigenvalue weighted by atomic mass is 10.1. The van der Waals surface area contributed by atoms with Crippen LogP contribution >= 0.6 is 0 Å². The Morgan fingerprint density at radius 3 is 2.76 bits per heavy atom. The third-order valence-corrected chi connectivity index (χ3v) is 3.87. The molecule has 3 rings (SSSR count). The van der Waals surface area contributed by atoms with Gasteiger partial charge in [-0.15, -0.1) is 0 Å². The van der Waals surface area contributed by atoms with E-state index in [1.165, 1.54) is 9.25 Å². The predicted octanol–water partition coefficient (Wildman–Crippen LogP) is 1.36. The van der Waals surface area contributed by atoms with Crippen molar-refractivity contribution in [1.82, 2.24) is 14.3 Å². The van der Waals surface area contributed by atoms with Crippen LogP contribution in [0.25, 0.3) is 0 Å². The maximum atomic E-state index is 12.4. The third kappa shape index (κ3) is 2.49. The summed E-state index contributed by atoms with van der Waals surface area (Å²) in [5.74, 6) is -0.390. The molecule has 6 heteroatoms. The number of rotatable bonds is 3. The summed E-state index contributed by atoms with van der Waals surface area (Å²) in [4.78, 5) is 23.7. The molecule has 0 saturated heterocycles. The van der Waals surface area contributed by atoms with E-state index in [4.69, 9.17) is 0 Å². The van der Waals surface area contributed by atoms with E-state index in [2.05, 4.69) is 5.10 Å². The van der Waals surface area contributed by atoms with Gasteiger partial charge in [0.25, 0.3) is 0 Å². The number of aryl methyl sites for hydroxylation is 2. The number of aromatic nitrogens is 3. The van der Waals surface area contributed by atoms with Crippen LogP contribution in [0, 0.1) is 6.92 Å². The van der Waals surface area contributed by atoms with E-state index in [1.54, 1.807) is 0 Å². The van der Waals surface area contributed by atoms with Crippen molar-refractivity contribution < 1.29 is 9.90 Å². The first kappa shape index (κ1) is 13.6. The molecule has 1 aliphatic rings. The standard InChI is InChI=1S/C15H17N3O3/c1-10-5-7-11(8-6-10)9-17-15(21)18-12(14(19)20)3-2-4-13(18)16-17/h5-8,12H,2-4,9H2,1H3,(H,19,20). The van der Waals surface area contributed by atoms with Crippen LogP contribution < -0.4 is 5.69 Å². The lowest BCUT2D eigenvalue weighted by molar-refractivity contribution is -0.141. The molecule has 110 valence electrons. The molecular formula is C15H17N3O3. The fraction of sp³-hybridized carbons (Fsp3) is 0.400. The van der Waals surface area contributed by atoms with Crippen LogP contribution in [0.5, 0.6) is 0 Å². The number of carboxylic acids is 1. The van der Waals surface area contributed by atoms with Gasteiger partial charge in [0.2, 0.25) is 0 Å². The minimum atomic E-state index is -0.965. The molecular weight excluding hydrogens is 270 g/mol. The molecule has 1 aromatic carbocycles. The Balaban J connectivity index is 1.96. The normalized spacial score (nSPS) is 17.5. The maximum absolute atomic E-state index is 12.4. The van der Waals surface area contributed by atoms with Crippen molar-refractivity contribution in [1.29, 1.82) is 0 Å². The minimum absolute atomic E-state index is 0.335. The summed E-state index contributed by atoms with van der Waals surface area (Å²) in [6.07, 6.45) is 1.89. The molecule has 2 heterocycles. The summed E-state index contributed by atoms with van der Waals surface area (Å²) in [6, 6.07) is 7.09. The molecule has 0 saturated carbocycles. The van der Waals surface area contributed by atoms with Gasteiger partial charge in [-0.2, -0.15) is 5.10 Å². The second-order valence-electron chi connectivity index (χ2n) is 5.46. The smallest absolute Gasteiger partial charge is 0.347 e. The Bertz CT molecular complexity index is 728. The topological polar surface area (TPSA) is 77.1 Å². The second kappa shape index (κ2) is 5.20. The van der Waals surface area contributed by atoms with E-state index in [1.807, 2.05) is 31.2 Å². The van der Waals surface area contributed by atoms with Gasteiger partial charge in [0.15, 0.2) is 0 Å². The number of hydrogen-bond donors (Lipinski definition) is 1. The molecule has 0 aliphatic carbocycles. The number of nitrogens with zero attached hydrogens (tertiary/aromatic N) is 3. The van der Waals surface area contributed by atoms with E-state index >= 15 is 0 Å². The number of hydrogen-bond acceptors (Lipinski definition) is 3. The summed E-state index contributed by atoms with van der Waals surface area (Å²) >= 11 is 0. The van der Waals surface area contributed by atoms with Gasteiger partial charge >= 0.3 is 11.7 Å². The van der Waals surface area contributed by atoms with Gasteiger partial charge in [0.05, 0.1) is 6.54 Å². The van der Waals surface area contributed by atoms with Crippen LogP contribution in [0.3, 0.4) is 0 Å². The highest BCUT2D eigenvalue weighted by molar-refractivity contribution is 5.72. The Hall–Kier alpha value is -2.37. The molecule has 0 spiro atoms. The SMILES string of the molecule is Cc1ccc(Cn2nc3n(c2=O)C(C(=O)O)CCC3)cc1. The zero-order chi connectivity index (χ0) is 15.0. The highest BCUT2D eigenvalue weighted by atomic mass is 16.4. The summed E-state index contributed by atoms with van der Waals surface area (Å²) in [5, 5.41) is 13.5. The summed E-state index contributed by atoms with van der Waals surface area (Å²) in [7, 11) is 0. The number of carboxylic acid groups (broad SMARTS) is 1. The molecule has 1 aliphatic heterocycles. The van der Waals surface area contributed by atoms with Gasteiger partial charge in [-0.3, -0.25) is 4.57 Å². The maximum Gasteiger partial charge on any atom is 0.347 e. The molecule has 1 unspecified atom stereocenters. The Labute approximate surface area is 121 Å². The summed E-state index contributed by atoms with van der Waals surface area (Å²) < 4.78 is 2.70. The molecule has 1 N–H and O–H groups in total. The Morgan fingerprint density at radius 2 is 2.10 bits per heavy atom. The average Bonchev–Trinajstić information content (AvgIpc) is 2.78. The van der Waals surface area contributed by atoms with E-state index in [0.717, 1.165) is 17.5 Å². The summed E-state index contributed by atoms with van der Waals surface area (Å²) in [5.41, 5.74) is 1.80. The first-order valence-electron chi connectivity index (χ1n) is 7.03. The van der Waals surface area contributed by atoms with E-state index in [-0.39, 0.29) is 5.69 Å². The molecule has 0 fully saturated rings. The van der Waals surface area contributed by atoms with Crippen molar-refractivity contribution in [2.75, 3.05) is 0 Å². The first-order valence-corrected chi connectivity index (χ1v) is 7.03. The van der Waals surface area contributed by atoms with E-state index in [9.17, 15) is 14.7 Å². The summed E-state index contributed by atoms with van der Waals surface area (Å²) in [6.45, 7) is 2.37. The fourth-order valence-electron chi connectivity index (χ4n) is 2.73. The predicted molar refractivity (Wildman–Crippen MR) is 76.4 cm³/mol. The number of fused-ring (bicyclic) bond motifs is 1. The lowest BCUT2D eigenvalue weighted by Crippen LogP contribution is -2.34. The van der Waals surface area contributed by atoms with E-state index < -0.39 is 12.0 Å². The molecule has 2 aromatic rings. The van der Waals surface area contributed by atoms with Crippen LogP contribution in [0.4, 0.5) is 0 Å².